The lowest BCUT2D eigenvalue weighted by molar-refractivity contribution is -0.0999. The summed E-state index contributed by atoms with van der Waals surface area (Å²) < 4.78 is 18.2. The number of hydrogen-bond acceptors (Lipinski definition) is 3. The minimum Gasteiger partial charge on any atom is -0.380 e. The molecule has 0 amide bonds. The highest BCUT2D eigenvalue weighted by Crippen LogP contribution is 2.26. The lowest BCUT2D eigenvalue weighted by Crippen LogP contribution is -2.47. The first-order chi connectivity index (χ1) is 7.59. The van der Waals surface area contributed by atoms with Crippen molar-refractivity contribution in [3.63, 3.8) is 0 Å². The summed E-state index contributed by atoms with van der Waals surface area (Å²) in [5.41, 5.74) is 1.11. The van der Waals surface area contributed by atoms with E-state index < -0.39 is 0 Å². The molecule has 0 saturated carbocycles. The highest BCUT2D eigenvalue weighted by molar-refractivity contribution is 5.14. The molecule has 1 aliphatic heterocycles. The average molecular weight is 224 g/mol. The van der Waals surface area contributed by atoms with E-state index in [1.807, 2.05) is 6.92 Å². The summed E-state index contributed by atoms with van der Waals surface area (Å²) in [6.07, 6.45) is 2.91. The molecule has 88 valence electrons. The van der Waals surface area contributed by atoms with E-state index in [-0.39, 0.29) is 17.3 Å². The molecule has 2 rings (SSSR count). The number of halogens is 1. The van der Waals surface area contributed by atoms with Crippen molar-refractivity contribution < 1.29 is 9.13 Å². The standard InChI is InChI=1S/C12H17FN2O/c1-9(10-3-11(13)5-14-4-10)15-6-12(2)7-16-8-12/h3-5,9,15H,6-8H2,1-2H3. The maximum atomic E-state index is 13.0. The van der Waals surface area contributed by atoms with Crippen LogP contribution in [-0.4, -0.2) is 24.7 Å². The van der Waals surface area contributed by atoms with Gasteiger partial charge in [0, 0.05) is 24.2 Å². The maximum absolute atomic E-state index is 13.0. The van der Waals surface area contributed by atoms with Crippen molar-refractivity contribution in [3.8, 4) is 0 Å². The quantitative estimate of drug-likeness (QED) is 0.848. The number of nitrogens with one attached hydrogen (secondary N) is 1. The van der Waals surface area contributed by atoms with Gasteiger partial charge in [0.05, 0.1) is 19.4 Å². The first-order valence-electron chi connectivity index (χ1n) is 5.51. The van der Waals surface area contributed by atoms with Crippen molar-refractivity contribution in [3.05, 3.63) is 29.8 Å². The molecule has 0 radical (unpaired) electrons. The molecule has 0 bridgehead atoms. The van der Waals surface area contributed by atoms with Gasteiger partial charge in [-0.3, -0.25) is 4.98 Å². The summed E-state index contributed by atoms with van der Waals surface area (Å²) in [6, 6.07) is 1.63. The van der Waals surface area contributed by atoms with Crippen LogP contribution in [-0.2, 0) is 4.74 Å². The number of aromatic nitrogens is 1. The number of ether oxygens (including phenoxy) is 1. The molecule has 16 heavy (non-hydrogen) atoms. The van der Waals surface area contributed by atoms with Crippen LogP contribution in [0, 0.1) is 11.2 Å². The zero-order chi connectivity index (χ0) is 11.6. The molecule has 1 aliphatic rings. The highest BCUT2D eigenvalue weighted by atomic mass is 19.1. The van der Waals surface area contributed by atoms with Crippen LogP contribution in [0.1, 0.15) is 25.5 Å². The molecule has 1 N–H and O–H groups in total. The van der Waals surface area contributed by atoms with Crippen molar-refractivity contribution in [2.24, 2.45) is 5.41 Å². The van der Waals surface area contributed by atoms with Gasteiger partial charge >= 0.3 is 0 Å². The third-order valence-corrected chi connectivity index (χ3v) is 2.96. The monoisotopic (exact) mass is 224 g/mol. The van der Waals surface area contributed by atoms with E-state index in [9.17, 15) is 4.39 Å². The Bertz CT molecular complexity index is 366. The molecule has 1 unspecified atom stereocenters. The Morgan fingerprint density at radius 2 is 2.31 bits per heavy atom. The van der Waals surface area contributed by atoms with E-state index in [1.165, 1.54) is 12.3 Å². The predicted molar refractivity (Wildman–Crippen MR) is 59.5 cm³/mol. The van der Waals surface area contributed by atoms with E-state index in [1.54, 1.807) is 6.20 Å². The SMILES string of the molecule is CC(NCC1(C)COC1)c1cncc(F)c1. The second-order valence-electron chi connectivity index (χ2n) is 4.84. The van der Waals surface area contributed by atoms with Crippen molar-refractivity contribution in [2.75, 3.05) is 19.8 Å². The Morgan fingerprint density at radius 1 is 1.56 bits per heavy atom. The summed E-state index contributed by atoms with van der Waals surface area (Å²) >= 11 is 0. The molecule has 1 aromatic rings. The average Bonchev–Trinajstić information content (AvgIpc) is 2.23. The zero-order valence-corrected chi connectivity index (χ0v) is 9.66. The van der Waals surface area contributed by atoms with E-state index in [4.69, 9.17) is 4.74 Å². The first kappa shape index (κ1) is 11.5. The van der Waals surface area contributed by atoms with Gasteiger partial charge in [0.1, 0.15) is 5.82 Å². The summed E-state index contributed by atoms with van der Waals surface area (Å²) in [4.78, 5) is 3.84. The van der Waals surface area contributed by atoms with Gasteiger partial charge in [0.25, 0.3) is 0 Å². The summed E-state index contributed by atoms with van der Waals surface area (Å²) in [5, 5.41) is 3.38. The number of hydrogen-bond donors (Lipinski definition) is 1. The van der Waals surface area contributed by atoms with Crippen molar-refractivity contribution in [2.45, 2.75) is 19.9 Å². The van der Waals surface area contributed by atoms with Gasteiger partial charge in [-0.15, -0.1) is 0 Å². The molecular weight excluding hydrogens is 207 g/mol. The summed E-state index contributed by atoms with van der Waals surface area (Å²) in [6.45, 7) is 6.67. The van der Waals surface area contributed by atoms with Gasteiger partial charge in [0.15, 0.2) is 0 Å². The largest absolute Gasteiger partial charge is 0.380 e. The molecule has 2 heterocycles. The summed E-state index contributed by atoms with van der Waals surface area (Å²) in [5.74, 6) is -0.288. The Hall–Kier alpha value is -1.00. The minimum absolute atomic E-state index is 0.112. The van der Waals surface area contributed by atoms with Crippen molar-refractivity contribution >= 4 is 0 Å². The topological polar surface area (TPSA) is 34.1 Å². The Kier molecular flexibility index (Phi) is 3.21. The molecular formula is C12H17FN2O. The fraction of sp³-hybridized carbons (Fsp3) is 0.583. The van der Waals surface area contributed by atoms with Crippen LogP contribution in [0.3, 0.4) is 0 Å². The highest BCUT2D eigenvalue weighted by Gasteiger charge is 2.33. The molecule has 1 saturated heterocycles. The number of rotatable bonds is 4. The Labute approximate surface area is 95.0 Å². The number of pyridine rings is 1. The van der Waals surface area contributed by atoms with Gasteiger partial charge in [-0.05, 0) is 18.6 Å². The maximum Gasteiger partial charge on any atom is 0.141 e. The fourth-order valence-corrected chi connectivity index (χ4v) is 1.74. The Morgan fingerprint density at radius 3 is 2.88 bits per heavy atom. The fourth-order valence-electron chi connectivity index (χ4n) is 1.74. The third-order valence-electron chi connectivity index (χ3n) is 2.96. The molecule has 1 atom stereocenters. The van der Waals surface area contributed by atoms with Gasteiger partial charge in [0.2, 0.25) is 0 Å². The Balaban J connectivity index is 1.90. The smallest absolute Gasteiger partial charge is 0.141 e. The first-order valence-corrected chi connectivity index (χ1v) is 5.51. The normalized spacial score (nSPS) is 20.2. The van der Waals surface area contributed by atoms with Gasteiger partial charge in [-0.1, -0.05) is 6.92 Å². The third kappa shape index (κ3) is 2.57. The van der Waals surface area contributed by atoms with E-state index in [2.05, 4.69) is 17.2 Å². The molecule has 0 aromatic carbocycles. The van der Waals surface area contributed by atoms with Crippen molar-refractivity contribution in [1.82, 2.24) is 10.3 Å². The van der Waals surface area contributed by atoms with Crippen LogP contribution in [0.15, 0.2) is 18.5 Å². The van der Waals surface area contributed by atoms with Gasteiger partial charge in [-0.25, -0.2) is 4.39 Å². The van der Waals surface area contributed by atoms with Crippen LogP contribution in [0.2, 0.25) is 0 Å². The summed E-state index contributed by atoms with van der Waals surface area (Å²) in [7, 11) is 0. The molecule has 4 heteroatoms. The van der Waals surface area contributed by atoms with Gasteiger partial charge < -0.3 is 10.1 Å². The molecule has 1 aromatic heterocycles. The van der Waals surface area contributed by atoms with E-state index in [0.29, 0.717) is 0 Å². The van der Waals surface area contributed by atoms with Crippen LogP contribution in [0.4, 0.5) is 4.39 Å². The minimum atomic E-state index is -0.288. The van der Waals surface area contributed by atoms with E-state index >= 15 is 0 Å². The van der Waals surface area contributed by atoms with Crippen molar-refractivity contribution in [1.29, 1.82) is 0 Å². The lowest BCUT2D eigenvalue weighted by atomic mass is 9.88. The lowest BCUT2D eigenvalue weighted by Gasteiger charge is -2.39. The van der Waals surface area contributed by atoms with Crippen LogP contribution >= 0.6 is 0 Å². The zero-order valence-electron chi connectivity index (χ0n) is 9.66. The molecule has 1 fully saturated rings. The van der Waals surface area contributed by atoms with Crippen LogP contribution < -0.4 is 5.32 Å². The van der Waals surface area contributed by atoms with E-state index in [0.717, 1.165) is 25.3 Å². The molecule has 0 aliphatic carbocycles. The second-order valence-corrected chi connectivity index (χ2v) is 4.84. The second kappa shape index (κ2) is 4.47. The predicted octanol–water partition coefficient (Wildman–Crippen LogP) is 1.91. The van der Waals surface area contributed by atoms with Crippen LogP contribution in [0.5, 0.6) is 0 Å². The number of nitrogens with zero attached hydrogens (tertiary/aromatic N) is 1. The molecule has 3 nitrogen and oxygen atoms in total. The van der Waals surface area contributed by atoms with Gasteiger partial charge in [-0.2, -0.15) is 0 Å². The molecule has 0 spiro atoms. The van der Waals surface area contributed by atoms with Crippen LogP contribution in [0.25, 0.3) is 0 Å².